The Hall–Kier alpha value is -2.04. The summed E-state index contributed by atoms with van der Waals surface area (Å²) >= 11 is 0. The molecule has 1 amide bonds. The van der Waals surface area contributed by atoms with Crippen molar-refractivity contribution in [3.63, 3.8) is 0 Å². The molecule has 0 saturated heterocycles. The first kappa shape index (κ1) is 13.4. The summed E-state index contributed by atoms with van der Waals surface area (Å²) in [6, 6.07) is 9.36. The highest BCUT2D eigenvalue weighted by Crippen LogP contribution is 2.49. The molecule has 1 aromatic rings. The van der Waals surface area contributed by atoms with Crippen molar-refractivity contribution in [2.75, 3.05) is 7.05 Å². The van der Waals surface area contributed by atoms with Gasteiger partial charge in [-0.3, -0.25) is 4.79 Å². The summed E-state index contributed by atoms with van der Waals surface area (Å²) in [6.07, 6.45) is 1.70. The summed E-state index contributed by atoms with van der Waals surface area (Å²) < 4.78 is 0. The summed E-state index contributed by atoms with van der Waals surface area (Å²) in [4.78, 5) is 14.2. The van der Waals surface area contributed by atoms with E-state index >= 15 is 0 Å². The lowest BCUT2D eigenvalue weighted by atomic mass is 9.94. The lowest BCUT2D eigenvalue weighted by Crippen LogP contribution is -2.47. The third-order valence-electron chi connectivity index (χ3n) is 3.93. The third-order valence-corrected chi connectivity index (χ3v) is 3.93. The number of benzene rings is 1. The Bertz CT molecular complexity index is 495. The van der Waals surface area contributed by atoms with Crippen LogP contribution in [0.25, 0.3) is 0 Å². The summed E-state index contributed by atoms with van der Waals surface area (Å²) in [7, 11) is 1.69. The van der Waals surface area contributed by atoms with Crippen LogP contribution in [-0.4, -0.2) is 34.9 Å². The van der Waals surface area contributed by atoms with Gasteiger partial charge >= 0.3 is 0 Å². The van der Waals surface area contributed by atoms with Crippen LogP contribution in [0.2, 0.25) is 0 Å². The quantitative estimate of drug-likeness (QED) is 0.371. The molecule has 19 heavy (non-hydrogen) atoms. The van der Waals surface area contributed by atoms with E-state index in [-0.39, 0.29) is 11.7 Å². The van der Waals surface area contributed by atoms with Gasteiger partial charge in [-0.1, -0.05) is 35.5 Å². The second-order valence-corrected chi connectivity index (χ2v) is 5.07. The Morgan fingerprint density at radius 2 is 2.00 bits per heavy atom. The molecule has 1 saturated carbocycles. The van der Waals surface area contributed by atoms with Crippen molar-refractivity contribution in [3.05, 3.63) is 35.9 Å². The molecule has 3 N–H and O–H groups in total. The molecular weight excluding hydrogens is 242 g/mol. The minimum absolute atomic E-state index is 0.0257. The third kappa shape index (κ3) is 2.28. The highest BCUT2D eigenvalue weighted by Gasteiger charge is 2.53. The van der Waals surface area contributed by atoms with Gasteiger partial charge in [0.05, 0.1) is 11.5 Å². The number of oxime groups is 1. The van der Waals surface area contributed by atoms with Crippen LogP contribution < -0.4 is 5.73 Å². The minimum atomic E-state index is -0.418. The van der Waals surface area contributed by atoms with E-state index in [1.54, 1.807) is 18.9 Å². The molecule has 2 rings (SSSR count). The number of likely N-dealkylation sites (N-methyl/N-ethyl adjacent to an activating group) is 1. The van der Waals surface area contributed by atoms with Gasteiger partial charge in [0.2, 0.25) is 5.91 Å². The van der Waals surface area contributed by atoms with Crippen LogP contribution in [0.3, 0.4) is 0 Å². The Morgan fingerprint density at radius 1 is 1.42 bits per heavy atom. The molecule has 0 radical (unpaired) electrons. The fourth-order valence-electron chi connectivity index (χ4n) is 2.30. The van der Waals surface area contributed by atoms with Crippen molar-refractivity contribution in [2.45, 2.75) is 31.2 Å². The van der Waals surface area contributed by atoms with Gasteiger partial charge < -0.3 is 15.8 Å². The van der Waals surface area contributed by atoms with Crippen molar-refractivity contribution in [3.8, 4) is 0 Å². The Kier molecular flexibility index (Phi) is 3.46. The molecule has 1 aromatic carbocycles. The summed E-state index contributed by atoms with van der Waals surface area (Å²) in [6.45, 7) is 1.74. The number of hydrogen-bond acceptors (Lipinski definition) is 3. The molecule has 0 aliphatic heterocycles. The number of rotatable bonds is 4. The molecule has 1 unspecified atom stereocenters. The maximum atomic E-state index is 12.6. The van der Waals surface area contributed by atoms with E-state index in [0.29, 0.717) is 0 Å². The molecule has 0 aromatic heterocycles. The van der Waals surface area contributed by atoms with E-state index < -0.39 is 11.5 Å². The largest absolute Gasteiger partial charge is 0.409 e. The maximum Gasteiger partial charge on any atom is 0.233 e. The fourth-order valence-corrected chi connectivity index (χ4v) is 2.30. The average Bonchev–Trinajstić information content (AvgIpc) is 3.26. The van der Waals surface area contributed by atoms with Gasteiger partial charge in [-0.05, 0) is 25.3 Å². The molecule has 0 spiro atoms. The van der Waals surface area contributed by atoms with Crippen molar-refractivity contribution >= 4 is 11.7 Å². The summed E-state index contributed by atoms with van der Waals surface area (Å²) in [5, 5.41) is 11.7. The predicted octanol–water partition coefficient (Wildman–Crippen LogP) is 1.31. The Balaban J connectivity index is 2.21. The van der Waals surface area contributed by atoms with E-state index in [2.05, 4.69) is 5.16 Å². The van der Waals surface area contributed by atoms with Gasteiger partial charge in [-0.15, -0.1) is 0 Å². The zero-order valence-corrected chi connectivity index (χ0v) is 11.2. The molecule has 102 valence electrons. The molecule has 5 nitrogen and oxygen atoms in total. The van der Waals surface area contributed by atoms with Crippen LogP contribution >= 0.6 is 0 Å². The Morgan fingerprint density at radius 3 is 2.47 bits per heavy atom. The van der Waals surface area contributed by atoms with Crippen LogP contribution in [0, 0.1) is 0 Å². The molecule has 1 aliphatic rings. The minimum Gasteiger partial charge on any atom is -0.409 e. The summed E-state index contributed by atoms with van der Waals surface area (Å²) in [5.41, 5.74) is 6.19. The van der Waals surface area contributed by atoms with Crippen LogP contribution in [-0.2, 0) is 10.2 Å². The second-order valence-electron chi connectivity index (χ2n) is 5.07. The fraction of sp³-hybridized carbons (Fsp3) is 0.429. The number of nitrogens with zero attached hydrogens (tertiary/aromatic N) is 2. The highest BCUT2D eigenvalue weighted by atomic mass is 16.4. The first-order valence-electron chi connectivity index (χ1n) is 6.33. The SMILES string of the molecule is CC(C(N)=NO)N(C)C(=O)C1(c2ccccc2)CC1. The van der Waals surface area contributed by atoms with Gasteiger partial charge in [0, 0.05) is 7.05 Å². The number of amides is 1. The Labute approximate surface area is 112 Å². The zero-order valence-electron chi connectivity index (χ0n) is 11.2. The molecule has 5 heteroatoms. The molecule has 1 aliphatic carbocycles. The van der Waals surface area contributed by atoms with Crippen molar-refractivity contribution in [2.24, 2.45) is 10.9 Å². The monoisotopic (exact) mass is 261 g/mol. The normalized spacial score (nSPS) is 18.7. The molecule has 1 fully saturated rings. The standard InChI is InChI=1S/C14H19N3O2/c1-10(12(15)16-19)17(2)13(18)14(8-9-14)11-6-4-3-5-7-11/h3-7,10,19H,8-9H2,1-2H3,(H2,15,16). The van der Waals surface area contributed by atoms with Crippen LogP contribution in [0.5, 0.6) is 0 Å². The second kappa shape index (κ2) is 4.91. The molecular formula is C14H19N3O2. The number of nitrogens with two attached hydrogens (primary N) is 1. The predicted molar refractivity (Wildman–Crippen MR) is 73.0 cm³/mol. The highest BCUT2D eigenvalue weighted by molar-refractivity contribution is 5.95. The van der Waals surface area contributed by atoms with E-state index in [1.165, 1.54) is 0 Å². The van der Waals surface area contributed by atoms with Gasteiger partial charge in [0.15, 0.2) is 5.84 Å². The zero-order chi connectivity index (χ0) is 14.0. The number of carbonyl (C=O) groups excluding carboxylic acids is 1. The van der Waals surface area contributed by atoms with Crippen molar-refractivity contribution in [1.82, 2.24) is 4.90 Å². The topological polar surface area (TPSA) is 78.9 Å². The molecule has 0 heterocycles. The van der Waals surface area contributed by atoms with Crippen LogP contribution in [0.1, 0.15) is 25.3 Å². The maximum absolute atomic E-state index is 12.6. The van der Waals surface area contributed by atoms with Crippen LogP contribution in [0.4, 0.5) is 0 Å². The van der Waals surface area contributed by atoms with E-state index in [1.807, 2.05) is 30.3 Å². The van der Waals surface area contributed by atoms with Crippen LogP contribution in [0.15, 0.2) is 35.5 Å². The first-order valence-corrected chi connectivity index (χ1v) is 6.33. The summed E-state index contributed by atoms with van der Waals surface area (Å²) in [5.74, 6) is 0.0671. The van der Waals surface area contributed by atoms with E-state index in [4.69, 9.17) is 10.9 Å². The van der Waals surface area contributed by atoms with Gasteiger partial charge in [0.1, 0.15) is 0 Å². The lowest BCUT2D eigenvalue weighted by Gasteiger charge is -2.28. The number of carbonyl (C=O) groups is 1. The lowest BCUT2D eigenvalue weighted by molar-refractivity contribution is -0.133. The van der Waals surface area contributed by atoms with E-state index in [9.17, 15) is 4.79 Å². The van der Waals surface area contributed by atoms with Crippen molar-refractivity contribution < 1.29 is 10.0 Å². The average molecular weight is 261 g/mol. The van der Waals surface area contributed by atoms with Crippen molar-refractivity contribution in [1.29, 1.82) is 0 Å². The number of hydrogen-bond donors (Lipinski definition) is 2. The number of amidine groups is 1. The van der Waals surface area contributed by atoms with Gasteiger partial charge in [-0.25, -0.2) is 0 Å². The van der Waals surface area contributed by atoms with Gasteiger partial charge in [0.25, 0.3) is 0 Å². The molecule has 1 atom stereocenters. The first-order chi connectivity index (χ1) is 9.03. The van der Waals surface area contributed by atoms with E-state index in [0.717, 1.165) is 18.4 Å². The molecule has 0 bridgehead atoms. The smallest absolute Gasteiger partial charge is 0.233 e. The van der Waals surface area contributed by atoms with Gasteiger partial charge in [-0.2, -0.15) is 0 Å².